The maximum absolute atomic E-state index is 13.7. The van der Waals surface area contributed by atoms with E-state index in [0.29, 0.717) is 5.75 Å². The van der Waals surface area contributed by atoms with Crippen LogP contribution in [0.5, 0.6) is 5.75 Å². The summed E-state index contributed by atoms with van der Waals surface area (Å²) in [7, 11) is 1.41. The van der Waals surface area contributed by atoms with Crippen molar-refractivity contribution < 1.29 is 13.5 Å². The quantitative estimate of drug-likeness (QED) is 0.867. The number of hydrogen-bond acceptors (Lipinski definition) is 4. The van der Waals surface area contributed by atoms with Crippen molar-refractivity contribution in [2.24, 2.45) is 0 Å². The van der Waals surface area contributed by atoms with Crippen LogP contribution in [-0.2, 0) is 0 Å². The van der Waals surface area contributed by atoms with E-state index in [2.05, 4.69) is 9.97 Å². The normalized spacial score (nSPS) is 10.3. The van der Waals surface area contributed by atoms with Gasteiger partial charge >= 0.3 is 0 Å². The summed E-state index contributed by atoms with van der Waals surface area (Å²) in [5, 5.41) is 0. The Balaban J connectivity index is 2.56. The number of rotatable bonds is 2. The molecule has 2 aromatic rings. The first-order chi connectivity index (χ1) is 8.11. The van der Waals surface area contributed by atoms with Gasteiger partial charge in [0.25, 0.3) is 0 Å². The number of methoxy groups -OCH3 is 1. The van der Waals surface area contributed by atoms with Gasteiger partial charge in [-0.25, -0.2) is 18.7 Å². The molecule has 0 spiro atoms. The van der Waals surface area contributed by atoms with Crippen LogP contribution in [0.1, 0.15) is 0 Å². The monoisotopic (exact) mass is 237 g/mol. The molecule has 4 nitrogen and oxygen atoms in total. The van der Waals surface area contributed by atoms with Crippen molar-refractivity contribution >= 4 is 5.95 Å². The number of benzene rings is 1. The molecule has 17 heavy (non-hydrogen) atoms. The molecule has 2 rings (SSSR count). The fourth-order valence-corrected chi connectivity index (χ4v) is 1.38. The Hall–Kier alpha value is -2.24. The lowest BCUT2D eigenvalue weighted by atomic mass is 10.1. The molecule has 0 aliphatic rings. The summed E-state index contributed by atoms with van der Waals surface area (Å²) in [6, 6.07) is 4.03. The molecule has 88 valence electrons. The van der Waals surface area contributed by atoms with E-state index in [4.69, 9.17) is 10.5 Å². The summed E-state index contributed by atoms with van der Waals surface area (Å²) in [6.07, 6.45) is 0.904. The minimum absolute atomic E-state index is 0.0115. The maximum atomic E-state index is 13.7. The summed E-state index contributed by atoms with van der Waals surface area (Å²) in [6.45, 7) is 0. The number of nitrogens with zero attached hydrogens (tertiary/aromatic N) is 2. The molecule has 6 heteroatoms. The molecule has 0 aliphatic heterocycles. The SMILES string of the molecule is COc1ccc(-c2nc(N)ncc2F)c(F)c1. The highest BCUT2D eigenvalue weighted by Gasteiger charge is 2.13. The molecule has 1 aromatic carbocycles. The summed E-state index contributed by atoms with van der Waals surface area (Å²) in [5.74, 6) is -1.14. The second-order valence-electron chi connectivity index (χ2n) is 3.27. The van der Waals surface area contributed by atoms with Crippen LogP contribution in [-0.4, -0.2) is 17.1 Å². The fourth-order valence-electron chi connectivity index (χ4n) is 1.38. The van der Waals surface area contributed by atoms with Crippen LogP contribution in [0.2, 0.25) is 0 Å². The highest BCUT2D eigenvalue weighted by molar-refractivity contribution is 5.62. The van der Waals surface area contributed by atoms with Crippen molar-refractivity contribution in [2.45, 2.75) is 0 Å². The van der Waals surface area contributed by atoms with Crippen LogP contribution in [0, 0.1) is 11.6 Å². The van der Waals surface area contributed by atoms with Crippen LogP contribution < -0.4 is 10.5 Å². The number of ether oxygens (including phenoxy) is 1. The number of nitrogens with two attached hydrogens (primary N) is 1. The Labute approximate surface area is 96.1 Å². The zero-order chi connectivity index (χ0) is 12.4. The molecule has 1 aromatic heterocycles. The largest absolute Gasteiger partial charge is 0.497 e. The van der Waals surface area contributed by atoms with E-state index >= 15 is 0 Å². The van der Waals surface area contributed by atoms with Crippen LogP contribution in [0.3, 0.4) is 0 Å². The molecule has 0 atom stereocenters. The lowest BCUT2D eigenvalue weighted by molar-refractivity contribution is 0.411. The average molecular weight is 237 g/mol. The molecule has 2 N–H and O–H groups in total. The highest BCUT2D eigenvalue weighted by Crippen LogP contribution is 2.26. The molecule has 0 amide bonds. The van der Waals surface area contributed by atoms with Crippen molar-refractivity contribution in [1.82, 2.24) is 9.97 Å². The van der Waals surface area contributed by atoms with Gasteiger partial charge in [0.1, 0.15) is 17.3 Å². The lowest BCUT2D eigenvalue weighted by Crippen LogP contribution is -2.00. The zero-order valence-corrected chi connectivity index (χ0v) is 8.95. The van der Waals surface area contributed by atoms with Crippen molar-refractivity contribution in [2.75, 3.05) is 12.8 Å². The highest BCUT2D eigenvalue weighted by atomic mass is 19.1. The van der Waals surface area contributed by atoms with Gasteiger partial charge in [-0.2, -0.15) is 0 Å². The second-order valence-corrected chi connectivity index (χ2v) is 3.27. The van der Waals surface area contributed by atoms with Gasteiger partial charge in [-0.3, -0.25) is 0 Å². The van der Waals surface area contributed by atoms with Crippen molar-refractivity contribution in [3.63, 3.8) is 0 Å². The minimum Gasteiger partial charge on any atom is -0.497 e. The van der Waals surface area contributed by atoms with Crippen molar-refractivity contribution in [3.8, 4) is 17.0 Å². The number of anilines is 1. The van der Waals surface area contributed by atoms with E-state index < -0.39 is 11.6 Å². The third kappa shape index (κ3) is 2.15. The topological polar surface area (TPSA) is 61.0 Å². The summed E-state index contributed by atoms with van der Waals surface area (Å²) < 4.78 is 32.0. The molecule has 0 radical (unpaired) electrons. The van der Waals surface area contributed by atoms with Crippen LogP contribution in [0.4, 0.5) is 14.7 Å². The number of nitrogen functional groups attached to an aromatic ring is 1. The second kappa shape index (κ2) is 4.32. The predicted octanol–water partition coefficient (Wildman–Crippen LogP) is 2.01. The summed E-state index contributed by atoms with van der Waals surface area (Å²) in [4.78, 5) is 7.14. The Kier molecular flexibility index (Phi) is 2.86. The zero-order valence-electron chi connectivity index (χ0n) is 8.95. The Morgan fingerprint density at radius 1 is 1.24 bits per heavy atom. The van der Waals surface area contributed by atoms with Crippen LogP contribution in [0.15, 0.2) is 24.4 Å². The third-order valence-corrected chi connectivity index (χ3v) is 2.19. The van der Waals surface area contributed by atoms with Gasteiger partial charge < -0.3 is 10.5 Å². The van der Waals surface area contributed by atoms with Gasteiger partial charge in [-0.15, -0.1) is 0 Å². The van der Waals surface area contributed by atoms with E-state index in [0.717, 1.165) is 12.3 Å². The average Bonchev–Trinajstić information content (AvgIpc) is 2.32. The van der Waals surface area contributed by atoms with Crippen LogP contribution >= 0.6 is 0 Å². The Bertz CT molecular complexity index is 560. The Morgan fingerprint density at radius 3 is 2.65 bits per heavy atom. The van der Waals surface area contributed by atoms with E-state index in [9.17, 15) is 8.78 Å². The fraction of sp³-hybridized carbons (Fsp3) is 0.0909. The molecule has 0 fully saturated rings. The van der Waals surface area contributed by atoms with Gasteiger partial charge in [-0.1, -0.05) is 0 Å². The van der Waals surface area contributed by atoms with Gasteiger partial charge in [0, 0.05) is 11.6 Å². The van der Waals surface area contributed by atoms with Crippen LogP contribution in [0.25, 0.3) is 11.3 Å². The smallest absolute Gasteiger partial charge is 0.220 e. The van der Waals surface area contributed by atoms with Gasteiger partial charge in [0.2, 0.25) is 5.95 Å². The van der Waals surface area contributed by atoms with Gasteiger partial charge in [-0.05, 0) is 12.1 Å². The molecule has 0 bridgehead atoms. The number of halogens is 2. The van der Waals surface area contributed by atoms with E-state index in [1.54, 1.807) is 0 Å². The van der Waals surface area contributed by atoms with E-state index in [-0.39, 0.29) is 17.2 Å². The molecule has 1 heterocycles. The summed E-state index contributed by atoms with van der Waals surface area (Å²) >= 11 is 0. The number of aromatic nitrogens is 2. The number of hydrogen-bond donors (Lipinski definition) is 1. The molecule has 0 unspecified atom stereocenters. The molecule has 0 aliphatic carbocycles. The minimum atomic E-state index is -0.733. The molecular formula is C11H9F2N3O. The predicted molar refractivity (Wildman–Crippen MR) is 58.3 cm³/mol. The van der Waals surface area contributed by atoms with Gasteiger partial charge in [0.15, 0.2) is 5.82 Å². The van der Waals surface area contributed by atoms with Crippen molar-refractivity contribution in [3.05, 3.63) is 36.0 Å². The molecular weight excluding hydrogens is 228 g/mol. The lowest BCUT2D eigenvalue weighted by Gasteiger charge is -2.06. The Morgan fingerprint density at radius 2 is 2.00 bits per heavy atom. The maximum Gasteiger partial charge on any atom is 0.220 e. The molecule has 0 saturated carbocycles. The van der Waals surface area contributed by atoms with E-state index in [1.165, 1.54) is 19.2 Å². The third-order valence-electron chi connectivity index (χ3n) is 2.19. The first-order valence-corrected chi connectivity index (χ1v) is 4.73. The van der Waals surface area contributed by atoms with Gasteiger partial charge in [0.05, 0.1) is 13.3 Å². The molecule has 0 saturated heterocycles. The van der Waals surface area contributed by atoms with Crippen molar-refractivity contribution in [1.29, 1.82) is 0 Å². The summed E-state index contributed by atoms with van der Waals surface area (Å²) in [5.41, 5.74) is 5.18. The van der Waals surface area contributed by atoms with E-state index in [1.807, 2.05) is 0 Å². The first kappa shape index (κ1) is 11.3. The standard InChI is InChI=1S/C11H9F2N3O/c1-17-6-2-3-7(8(12)4-6)10-9(13)5-15-11(14)16-10/h2-5H,1H3,(H2,14,15,16). The first-order valence-electron chi connectivity index (χ1n) is 4.73.